The van der Waals surface area contributed by atoms with Crippen molar-refractivity contribution in [3.05, 3.63) is 0 Å². The van der Waals surface area contributed by atoms with Gasteiger partial charge in [-0.15, -0.1) is 0 Å². The first-order valence-electron chi connectivity index (χ1n) is 33.2. The van der Waals surface area contributed by atoms with Crippen molar-refractivity contribution < 1.29 is 75.8 Å². The Balaban J connectivity index is -0.0000000469. The van der Waals surface area contributed by atoms with Gasteiger partial charge in [-0.1, -0.05) is 150 Å². The monoisotopic (exact) mass is 1370 g/mol. The number of hydrogen-bond acceptors (Lipinski definition) is 16. The summed E-state index contributed by atoms with van der Waals surface area (Å²) < 4.78 is 84.4. The molecule has 0 aliphatic rings. The first kappa shape index (κ1) is 136. The Bertz CT molecular complexity index is 1030. The van der Waals surface area contributed by atoms with E-state index in [2.05, 4.69) is 125 Å². The number of hydrogen-bond donors (Lipinski definition) is 0. The molecule has 0 heterocycles. The molecule has 0 aliphatic carbocycles. The van der Waals surface area contributed by atoms with Crippen LogP contribution in [0.1, 0.15) is 284 Å². The molecule has 0 amide bonds. The van der Waals surface area contributed by atoms with Crippen LogP contribution in [0.4, 0.5) is 0 Å². The van der Waals surface area contributed by atoms with Gasteiger partial charge in [0.2, 0.25) is 0 Å². The van der Waals surface area contributed by atoms with E-state index in [4.69, 9.17) is 75.8 Å². The first-order valence-corrected chi connectivity index (χ1v) is 33.2. The maximum absolute atomic E-state index is 5.62. The summed E-state index contributed by atoms with van der Waals surface area (Å²) in [5.74, 6) is 2.07. The van der Waals surface area contributed by atoms with Crippen molar-refractivity contribution >= 4 is 0 Å². The summed E-state index contributed by atoms with van der Waals surface area (Å²) in [6.45, 7) is 65.9. The minimum absolute atomic E-state index is 0. The molecule has 0 aromatic rings. The van der Waals surface area contributed by atoms with Crippen molar-refractivity contribution in [1.82, 2.24) is 0 Å². The normalized spacial score (nSPS) is 11.2. The van der Waals surface area contributed by atoms with Gasteiger partial charge in [0, 0.05) is 105 Å². The molecule has 0 aliphatic heterocycles. The zero-order chi connectivity index (χ0) is 66.0. The SMILES string of the molecule is C.C.C.C.C.C.C.C.C.CC(COC(C)C)COC(C)C.CCC(COC(C)C)OC(C)C.CCC(COC)OC.CCCOCC(C)COCCC.CCCOCC(CC)OCCC.CCOCC(C)COCC.CCOCC(CC)OCC.COCC(C)COC. The van der Waals surface area contributed by atoms with Gasteiger partial charge in [0.1, 0.15) is 0 Å². The van der Waals surface area contributed by atoms with Crippen LogP contribution < -0.4 is 0 Å². The van der Waals surface area contributed by atoms with Crippen LogP contribution in [0.3, 0.4) is 0 Å². The van der Waals surface area contributed by atoms with Crippen molar-refractivity contribution in [1.29, 1.82) is 0 Å². The summed E-state index contributed by atoms with van der Waals surface area (Å²) in [5.41, 5.74) is 0. The van der Waals surface area contributed by atoms with Gasteiger partial charge in [-0.25, -0.2) is 0 Å². The second-order valence-electron chi connectivity index (χ2n) is 22.0. The summed E-state index contributed by atoms with van der Waals surface area (Å²) in [6, 6.07) is 0. The average molecular weight is 1370 g/mol. The van der Waals surface area contributed by atoms with E-state index in [9.17, 15) is 0 Å². The fourth-order valence-electron chi connectivity index (χ4n) is 6.14. The average Bonchev–Trinajstić information content (AvgIpc) is 3.68. The van der Waals surface area contributed by atoms with Gasteiger partial charge >= 0.3 is 0 Å². The standard InChI is InChI=1S/4C10H22O2.2C8H18O2.2C6H14O2.9CH4/c1-8(2)11-6-10(5)7-12-9(3)4;1-6-10(12-9(4)5)7-11-8(2)3;1-4-6-11-8-10(3)9-12-7-5-2;1-4-7-11-9-10(6-3)12-8-5-2;1-4-9-6-8(3)7-10-5-2;1-4-8(10-6-3)7-9-5-2;1-6(4-7-2)5-8-3;1-4-6(8-3)5-7-2;;;;;;;;;/h2*8-10H,6-7H2,1-5H3;2*10H,4-9H2,1-3H3;2*8H,4-7H2,1-3H3;2*6H,4-5H2,1-3H3;9*1H4. The van der Waals surface area contributed by atoms with E-state index >= 15 is 0 Å². The molecule has 4 atom stereocenters. The van der Waals surface area contributed by atoms with Crippen LogP contribution in [0, 0.1) is 23.7 Å². The van der Waals surface area contributed by atoms with Gasteiger partial charge in [-0.3, -0.25) is 0 Å². The number of rotatable bonds is 48. The Morgan fingerprint density at radius 1 is 0.226 bits per heavy atom. The molecule has 4 unspecified atom stereocenters. The second kappa shape index (κ2) is 118. The van der Waals surface area contributed by atoms with Crippen LogP contribution in [0.2, 0.25) is 0 Å². The number of ether oxygens (including phenoxy) is 16. The lowest BCUT2D eigenvalue weighted by atomic mass is 10.2. The molecule has 0 rings (SSSR count). The third-order valence-electron chi connectivity index (χ3n) is 10.8. The van der Waals surface area contributed by atoms with Crippen LogP contribution in [0.5, 0.6) is 0 Å². The van der Waals surface area contributed by atoms with Gasteiger partial charge in [-0.05, 0) is 134 Å². The Hall–Kier alpha value is -0.640. The van der Waals surface area contributed by atoms with E-state index in [1.165, 1.54) is 0 Å². The highest BCUT2D eigenvalue weighted by atomic mass is 16.6. The molecule has 0 fully saturated rings. The molecule has 0 N–H and O–H groups in total. The molecule has 0 saturated heterocycles. The summed E-state index contributed by atoms with van der Waals surface area (Å²) >= 11 is 0. The maximum Gasteiger partial charge on any atom is 0.0809 e. The van der Waals surface area contributed by atoms with E-state index in [1.54, 1.807) is 28.4 Å². The minimum atomic E-state index is 0. The summed E-state index contributed by atoms with van der Waals surface area (Å²) in [4.78, 5) is 0. The van der Waals surface area contributed by atoms with Gasteiger partial charge in [0.25, 0.3) is 0 Å². The zero-order valence-corrected chi connectivity index (χ0v) is 61.3. The lowest BCUT2D eigenvalue weighted by Crippen LogP contribution is -2.24. The third kappa shape index (κ3) is 143. The summed E-state index contributed by atoms with van der Waals surface area (Å²) in [7, 11) is 6.78. The van der Waals surface area contributed by atoms with Crippen LogP contribution in [-0.2, 0) is 75.8 Å². The topological polar surface area (TPSA) is 148 Å². The highest BCUT2D eigenvalue weighted by Gasteiger charge is 2.10. The molecular weight excluding hydrogens is 1180 g/mol. The Labute approximate surface area is 590 Å². The van der Waals surface area contributed by atoms with Crippen LogP contribution >= 0.6 is 0 Å². The zero-order valence-electron chi connectivity index (χ0n) is 61.3. The van der Waals surface area contributed by atoms with Crippen molar-refractivity contribution in [2.24, 2.45) is 23.7 Å². The Kier molecular flexibility index (Phi) is 173. The van der Waals surface area contributed by atoms with E-state index in [-0.39, 0.29) is 79.0 Å². The predicted molar refractivity (Wildman–Crippen MR) is 416 cm³/mol. The Morgan fingerprint density at radius 2 is 0.505 bits per heavy atom. The van der Waals surface area contributed by atoms with E-state index < -0.39 is 0 Å². The fourth-order valence-corrected chi connectivity index (χ4v) is 6.14. The lowest BCUT2D eigenvalue weighted by Gasteiger charge is -2.20. The predicted octanol–water partition coefficient (Wildman–Crippen LogP) is 21.4. The largest absolute Gasteiger partial charge is 0.384 e. The molecule has 592 valence electrons. The molecule has 0 spiro atoms. The van der Waals surface area contributed by atoms with Crippen LogP contribution in [0.15, 0.2) is 0 Å². The van der Waals surface area contributed by atoms with Crippen LogP contribution in [0.25, 0.3) is 0 Å². The summed E-state index contributed by atoms with van der Waals surface area (Å²) in [5, 5.41) is 0. The van der Waals surface area contributed by atoms with E-state index in [1.807, 2.05) is 41.5 Å². The van der Waals surface area contributed by atoms with Gasteiger partial charge < -0.3 is 75.8 Å². The van der Waals surface area contributed by atoms with Gasteiger partial charge in [-0.2, -0.15) is 0 Å². The summed E-state index contributed by atoms with van der Waals surface area (Å²) in [6.07, 6.45) is 10.9. The molecule has 93 heavy (non-hydrogen) atoms. The molecule has 0 radical (unpaired) electrons. The molecule has 16 heteroatoms. The Morgan fingerprint density at radius 3 is 0.774 bits per heavy atom. The molecule has 0 aromatic heterocycles. The smallest absolute Gasteiger partial charge is 0.0809 e. The minimum Gasteiger partial charge on any atom is -0.384 e. The number of methoxy groups -OCH3 is 4. The van der Waals surface area contributed by atoms with Gasteiger partial charge in [0.05, 0.1) is 128 Å². The highest BCUT2D eigenvalue weighted by molar-refractivity contribution is 4.57. The molecular formula is C77H188O16. The quantitative estimate of drug-likeness (QED) is 0.0532. The molecule has 16 nitrogen and oxygen atoms in total. The van der Waals surface area contributed by atoms with Gasteiger partial charge in [0.15, 0.2) is 0 Å². The van der Waals surface area contributed by atoms with Crippen LogP contribution in [-0.4, -0.2) is 209 Å². The lowest BCUT2D eigenvalue weighted by molar-refractivity contribution is -0.0593. The fraction of sp³-hybridized carbons (Fsp3) is 1.00. The van der Waals surface area contributed by atoms with Crippen molar-refractivity contribution in [3.63, 3.8) is 0 Å². The molecule has 0 aromatic carbocycles. The highest BCUT2D eigenvalue weighted by Crippen LogP contribution is 2.06. The maximum atomic E-state index is 5.62. The molecule has 0 saturated carbocycles. The third-order valence-corrected chi connectivity index (χ3v) is 10.8. The second-order valence-corrected chi connectivity index (χ2v) is 22.0. The van der Waals surface area contributed by atoms with Crippen molar-refractivity contribution in [3.8, 4) is 0 Å². The van der Waals surface area contributed by atoms with E-state index in [0.717, 1.165) is 170 Å². The van der Waals surface area contributed by atoms with E-state index in [0.29, 0.717) is 73.5 Å². The van der Waals surface area contributed by atoms with Crippen molar-refractivity contribution in [2.75, 3.05) is 161 Å². The first-order chi connectivity index (χ1) is 40.0. The molecule has 0 bridgehead atoms. The van der Waals surface area contributed by atoms with Crippen molar-refractivity contribution in [2.45, 2.75) is 333 Å².